The zero-order valence-electron chi connectivity index (χ0n) is 17.7. The molecule has 4 aromatic rings. The topological polar surface area (TPSA) is 101 Å². The SMILES string of the molecule is Nc1nc(-c2ccc(NC(=O)CN(Cc3ccc(Cl)c(I)c3)C(=O)c3ccncc3)cc2)cs1. The lowest BCUT2D eigenvalue weighted by atomic mass is 10.1. The molecule has 2 aromatic heterocycles. The van der Waals surface area contributed by atoms with Crippen LogP contribution >= 0.6 is 45.5 Å². The Bertz CT molecular complexity index is 1310. The number of thiazole rings is 1. The molecule has 2 heterocycles. The van der Waals surface area contributed by atoms with Crippen LogP contribution in [0.1, 0.15) is 15.9 Å². The van der Waals surface area contributed by atoms with Crippen LogP contribution in [0.25, 0.3) is 11.3 Å². The highest BCUT2D eigenvalue weighted by Crippen LogP contribution is 2.24. The first-order valence-corrected chi connectivity index (χ1v) is 12.5. The van der Waals surface area contributed by atoms with Gasteiger partial charge in [-0.2, -0.15) is 0 Å². The molecule has 0 atom stereocenters. The maximum atomic E-state index is 13.2. The summed E-state index contributed by atoms with van der Waals surface area (Å²) in [7, 11) is 0. The quantitative estimate of drug-likeness (QED) is 0.278. The van der Waals surface area contributed by atoms with Crippen molar-refractivity contribution in [3.05, 3.63) is 92.1 Å². The summed E-state index contributed by atoms with van der Waals surface area (Å²) in [5, 5.41) is 5.88. The van der Waals surface area contributed by atoms with Gasteiger partial charge in [0.15, 0.2) is 5.13 Å². The number of halogens is 2. The Morgan fingerprint density at radius 2 is 1.82 bits per heavy atom. The zero-order valence-corrected chi connectivity index (χ0v) is 21.5. The first-order valence-electron chi connectivity index (χ1n) is 10.1. The maximum Gasteiger partial charge on any atom is 0.254 e. The molecule has 0 aliphatic heterocycles. The molecule has 0 fully saturated rings. The van der Waals surface area contributed by atoms with Crippen LogP contribution < -0.4 is 11.1 Å². The van der Waals surface area contributed by atoms with Gasteiger partial charge < -0.3 is 16.0 Å². The number of anilines is 2. The number of amides is 2. The second-order valence-electron chi connectivity index (χ2n) is 7.34. The van der Waals surface area contributed by atoms with Crippen LogP contribution in [-0.2, 0) is 11.3 Å². The molecule has 0 bridgehead atoms. The number of rotatable bonds is 7. The third-order valence-corrected chi connectivity index (χ3v) is 7.11. The van der Waals surface area contributed by atoms with Gasteiger partial charge in [-0.3, -0.25) is 14.6 Å². The Balaban J connectivity index is 1.49. The van der Waals surface area contributed by atoms with Gasteiger partial charge in [0, 0.05) is 44.7 Å². The first kappa shape index (κ1) is 24.1. The number of aromatic nitrogens is 2. The van der Waals surface area contributed by atoms with E-state index in [9.17, 15) is 9.59 Å². The van der Waals surface area contributed by atoms with Crippen LogP contribution in [0.4, 0.5) is 10.8 Å². The fraction of sp³-hybridized carbons (Fsp3) is 0.0833. The van der Waals surface area contributed by atoms with Gasteiger partial charge in [-0.1, -0.05) is 29.8 Å². The van der Waals surface area contributed by atoms with Crippen molar-refractivity contribution in [1.82, 2.24) is 14.9 Å². The van der Waals surface area contributed by atoms with Crippen molar-refractivity contribution < 1.29 is 9.59 Å². The number of pyridine rings is 1. The molecule has 0 spiro atoms. The van der Waals surface area contributed by atoms with Gasteiger partial charge in [0.25, 0.3) is 5.91 Å². The van der Waals surface area contributed by atoms with Crippen molar-refractivity contribution in [2.75, 3.05) is 17.6 Å². The average molecular weight is 604 g/mol. The van der Waals surface area contributed by atoms with Gasteiger partial charge >= 0.3 is 0 Å². The largest absolute Gasteiger partial charge is 0.375 e. The third-order valence-electron chi connectivity index (χ3n) is 4.89. The Morgan fingerprint density at radius 1 is 1.09 bits per heavy atom. The summed E-state index contributed by atoms with van der Waals surface area (Å²) >= 11 is 9.65. The van der Waals surface area contributed by atoms with Crippen molar-refractivity contribution in [2.45, 2.75) is 6.54 Å². The molecule has 7 nitrogen and oxygen atoms in total. The predicted molar refractivity (Wildman–Crippen MR) is 144 cm³/mol. The van der Waals surface area contributed by atoms with Gasteiger partial charge in [0.2, 0.25) is 5.91 Å². The van der Waals surface area contributed by atoms with Crippen LogP contribution in [0, 0.1) is 3.57 Å². The standard InChI is InChI=1S/C24H19ClIN5O2S/c25-19-6-1-15(11-20(19)26)12-31(23(33)17-7-9-28-10-8-17)13-22(32)29-18-4-2-16(3-5-18)21-14-34-24(27)30-21/h1-11,14H,12-13H2,(H2,27,30)(H,29,32). The van der Waals surface area contributed by atoms with Crippen LogP contribution in [-0.4, -0.2) is 33.2 Å². The van der Waals surface area contributed by atoms with Crippen LogP contribution in [0.5, 0.6) is 0 Å². The van der Waals surface area contributed by atoms with Crippen LogP contribution in [0.2, 0.25) is 5.02 Å². The molecular weight excluding hydrogens is 585 g/mol. The predicted octanol–water partition coefficient (Wildman–Crippen LogP) is 5.33. The number of nitrogens with two attached hydrogens (primary N) is 1. The second-order valence-corrected chi connectivity index (χ2v) is 9.80. The minimum atomic E-state index is -0.309. The summed E-state index contributed by atoms with van der Waals surface area (Å²) < 4.78 is 0.875. The van der Waals surface area contributed by atoms with Crippen molar-refractivity contribution >= 4 is 68.2 Å². The average Bonchev–Trinajstić information content (AvgIpc) is 3.28. The molecular formula is C24H19ClIN5O2S. The monoisotopic (exact) mass is 603 g/mol. The van der Waals surface area contributed by atoms with Crippen molar-refractivity contribution in [3.63, 3.8) is 0 Å². The van der Waals surface area contributed by atoms with Gasteiger partial charge in [-0.25, -0.2) is 4.98 Å². The van der Waals surface area contributed by atoms with Crippen molar-refractivity contribution in [2.24, 2.45) is 0 Å². The van der Waals surface area contributed by atoms with Crippen molar-refractivity contribution in [3.8, 4) is 11.3 Å². The number of nitrogens with zero attached hydrogens (tertiary/aromatic N) is 3. The summed E-state index contributed by atoms with van der Waals surface area (Å²) in [5.41, 5.74) is 9.34. The fourth-order valence-corrected chi connectivity index (χ4v) is 4.52. The molecule has 0 aliphatic rings. The number of hydrogen-bond acceptors (Lipinski definition) is 6. The maximum absolute atomic E-state index is 13.2. The van der Waals surface area contributed by atoms with E-state index in [0.717, 1.165) is 20.4 Å². The van der Waals surface area contributed by atoms with Gasteiger partial charge in [0.05, 0.1) is 10.7 Å². The van der Waals surface area contributed by atoms with Gasteiger partial charge in [-0.05, 0) is 64.6 Å². The molecule has 0 aliphatic carbocycles. The molecule has 2 aromatic carbocycles. The highest BCUT2D eigenvalue weighted by Gasteiger charge is 2.20. The summed E-state index contributed by atoms with van der Waals surface area (Å²) in [6.45, 7) is 0.136. The summed E-state index contributed by atoms with van der Waals surface area (Å²) in [6.07, 6.45) is 3.10. The lowest BCUT2D eigenvalue weighted by Crippen LogP contribution is -2.37. The molecule has 4 rings (SSSR count). The van der Waals surface area contributed by atoms with Gasteiger partial charge in [-0.15, -0.1) is 11.3 Å². The molecule has 0 saturated carbocycles. The van der Waals surface area contributed by atoms with E-state index in [4.69, 9.17) is 17.3 Å². The first-order chi connectivity index (χ1) is 16.4. The summed E-state index contributed by atoms with van der Waals surface area (Å²) in [6, 6.07) is 16.1. The molecule has 2 amide bonds. The minimum Gasteiger partial charge on any atom is -0.375 e. The molecule has 0 unspecified atom stereocenters. The Hall–Kier alpha value is -3.02. The van der Waals surface area contributed by atoms with E-state index in [1.54, 1.807) is 42.7 Å². The Kier molecular flexibility index (Phi) is 7.76. The minimum absolute atomic E-state index is 0.120. The van der Waals surface area contributed by atoms with Gasteiger partial charge in [0.1, 0.15) is 6.54 Å². The van der Waals surface area contributed by atoms with E-state index < -0.39 is 0 Å². The number of benzene rings is 2. The fourth-order valence-electron chi connectivity index (χ4n) is 3.25. The summed E-state index contributed by atoms with van der Waals surface area (Å²) in [4.78, 5) is 35.7. The lowest BCUT2D eigenvalue weighted by Gasteiger charge is -2.23. The molecule has 10 heteroatoms. The Labute approximate surface area is 219 Å². The molecule has 0 radical (unpaired) electrons. The van der Waals surface area contributed by atoms with E-state index in [2.05, 4.69) is 37.9 Å². The Morgan fingerprint density at radius 3 is 2.47 bits per heavy atom. The smallest absolute Gasteiger partial charge is 0.254 e. The van der Waals surface area contributed by atoms with Crippen LogP contribution in [0.15, 0.2) is 72.4 Å². The molecule has 172 valence electrons. The number of carbonyl (C=O) groups excluding carboxylic acids is 2. The highest BCUT2D eigenvalue weighted by molar-refractivity contribution is 14.1. The highest BCUT2D eigenvalue weighted by atomic mass is 127. The molecule has 0 saturated heterocycles. The van der Waals surface area contributed by atoms with E-state index in [1.165, 1.54) is 16.2 Å². The second kappa shape index (κ2) is 10.9. The van der Waals surface area contributed by atoms with E-state index in [-0.39, 0.29) is 24.9 Å². The number of nitrogens with one attached hydrogen (secondary N) is 1. The zero-order chi connectivity index (χ0) is 24.1. The normalized spacial score (nSPS) is 10.6. The van der Waals surface area contributed by atoms with Crippen molar-refractivity contribution in [1.29, 1.82) is 0 Å². The van der Waals surface area contributed by atoms with E-state index >= 15 is 0 Å². The number of hydrogen-bond donors (Lipinski definition) is 2. The molecule has 34 heavy (non-hydrogen) atoms. The third kappa shape index (κ3) is 6.10. The van der Waals surface area contributed by atoms with E-state index in [0.29, 0.717) is 21.4 Å². The number of nitrogen functional groups attached to an aromatic ring is 1. The number of carbonyl (C=O) groups is 2. The van der Waals surface area contributed by atoms with Crippen LogP contribution in [0.3, 0.4) is 0 Å². The lowest BCUT2D eigenvalue weighted by molar-refractivity contribution is -0.117. The van der Waals surface area contributed by atoms with E-state index in [1.807, 2.05) is 29.6 Å². The summed E-state index contributed by atoms with van der Waals surface area (Å²) in [5.74, 6) is -0.573. The molecule has 3 N–H and O–H groups in total.